The highest BCUT2D eigenvalue weighted by Gasteiger charge is 2.28. The summed E-state index contributed by atoms with van der Waals surface area (Å²) in [5.41, 5.74) is 0. The average Bonchev–Trinajstić information content (AvgIpc) is 2.44. The van der Waals surface area contributed by atoms with Gasteiger partial charge in [0.1, 0.15) is 0 Å². The van der Waals surface area contributed by atoms with Crippen molar-refractivity contribution in [1.29, 1.82) is 0 Å². The Balaban J connectivity index is 4.50. The second-order valence-electron chi connectivity index (χ2n) is 3.72. The Labute approximate surface area is 117 Å². The molecule has 0 fully saturated rings. The largest absolute Gasteiger partial charge is 0.405 e. The molecular formula is C12H20O8. The highest BCUT2D eigenvalue weighted by molar-refractivity contribution is 5.91. The van der Waals surface area contributed by atoms with Crippen LogP contribution in [0, 0.1) is 0 Å². The van der Waals surface area contributed by atoms with E-state index in [0.717, 1.165) is 12.2 Å². The number of carbonyl (C=O) groups is 2. The molecule has 0 aliphatic rings. The summed E-state index contributed by atoms with van der Waals surface area (Å²) in [6.45, 7) is 2.79. The molecule has 0 N–H and O–H groups in total. The van der Waals surface area contributed by atoms with Crippen LogP contribution in [0.5, 0.6) is 0 Å². The fourth-order valence-corrected chi connectivity index (χ4v) is 0.903. The fourth-order valence-electron chi connectivity index (χ4n) is 0.903. The maximum absolute atomic E-state index is 11.4. The number of rotatable bonds is 8. The number of hydrogen-bond acceptors (Lipinski definition) is 8. The summed E-state index contributed by atoms with van der Waals surface area (Å²) in [6.07, 6.45) is 1.73. The van der Waals surface area contributed by atoms with Gasteiger partial charge in [0.05, 0.1) is 0 Å². The second-order valence-corrected chi connectivity index (χ2v) is 3.72. The summed E-state index contributed by atoms with van der Waals surface area (Å²) in [7, 11) is 5.21. The van der Waals surface area contributed by atoms with E-state index in [4.69, 9.17) is 28.4 Å². The predicted octanol–water partition coefficient (Wildman–Crippen LogP) is 0.562. The molecule has 0 saturated heterocycles. The number of ether oxygens (including phenoxy) is 6. The van der Waals surface area contributed by atoms with Crippen molar-refractivity contribution in [2.45, 2.75) is 25.8 Å². The lowest BCUT2D eigenvalue weighted by Gasteiger charge is -2.25. The highest BCUT2D eigenvalue weighted by atomic mass is 16.9. The van der Waals surface area contributed by atoms with Crippen molar-refractivity contribution in [1.82, 2.24) is 0 Å². The molecule has 0 aliphatic heterocycles. The van der Waals surface area contributed by atoms with E-state index in [2.05, 4.69) is 0 Å². The molecule has 8 heteroatoms. The maximum atomic E-state index is 11.4. The molecule has 0 aromatic rings. The highest BCUT2D eigenvalue weighted by Crippen LogP contribution is 2.13. The Morgan fingerprint density at radius 2 is 0.950 bits per heavy atom. The summed E-state index contributed by atoms with van der Waals surface area (Å²) < 4.78 is 29.0. The quantitative estimate of drug-likeness (QED) is 0.364. The first kappa shape index (κ1) is 18.5. The number of carbonyl (C=O) groups excluding carboxylic acids is 2. The van der Waals surface area contributed by atoms with E-state index in [-0.39, 0.29) is 0 Å². The SMILES string of the molecule is COC(C)(OC)OC(=O)/C=C\C(=O)OC(C)(OC)OC. The van der Waals surface area contributed by atoms with Gasteiger partial charge in [0.15, 0.2) is 0 Å². The number of hydrogen-bond donors (Lipinski definition) is 0. The molecule has 0 aromatic carbocycles. The second kappa shape index (κ2) is 7.95. The molecule has 0 radical (unpaired) electrons. The maximum Gasteiger partial charge on any atom is 0.335 e. The number of methoxy groups -OCH3 is 4. The first-order valence-electron chi connectivity index (χ1n) is 5.58. The topological polar surface area (TPSA) is 89.5 Å². The van der Waals surface area contributed by atoms with Gasteiger partial charge < -0.3 is 28.4 Å². The van der Waals surface area contributed by atoms with Gasteiger partial charge >= 0.3 is 23.9 Å². The van der Waals surface area contributed by atoms with Gasteiger partial charge in [-0.15, -0.1) is 0 Å². The Hall–Kier alpha value is -1.48. The Morgan fingerprint density at radius 1 is 0.700 bits per heavy atom. The van der Waals surface area contributed by atoms with Crippen LogP contribution >= 0.6 is 0 Å². The average molecular weight is 292 g/mol. The first-order chi connectivity index (χ1) is 9.24. The molecule has 0 bridgehead atoms. The number of esters is 2. The van der Waals surface area contributed by atoms with Crippen LogP contribution in [0.25, 0.3) is 0 Å². The van der Waals surface area contributed by atoms with Gasteiger partial charge in [-0.05, 0) is 0 Å². The van der Waals surface area contributed by atoms with Crippen molar-refractivity contribution >= 4 is 11.9 Å². The molecule has 0 heterocycles. The van der Waals surface area contributed by atoms with Crippen LogP contribution in [0.15, 0.2) is 12.2 Å². The molecule has 0 saturated carbocycles. The van der Waals surface area contributed by atoms with E-state index in [1.807, 2.05) is 0 Å². The Bertz CT molecular complexity index is 320. The zero-order valence-corrected chi connectivity index (χ0v) is 12.4. The Kier molecular flexibility index (Phi) is 7.36. The van der Waals surface area contributed by atoms with E-state index in [0.29, 0.717) is 0 Å². The van der Waals surface area contributed by atoms with Crippen molar-refractivity contribution < 1.29 is 38.0 Å². The van der Waals surface area contributed by atoms with Crippen LogP contribution in [-0.4, -0.2) is 52.3 Å². The molecule has 0 amide bonds. The molecule has 0 rings (SSSR count). The summed E-state index contributed by atoms with van der Waals surface area (Å²) >= 11 is 0. The third kappa shape index (κ3) is 6.11. The van der Waals surface area contributed by atoms with Crippen molar-refractivity contribution in [2.24, 2.45) is 0 Å². The van der Waals surface area contributed by atoms with E-state index in [9.17, 15) is 9.59 Å². The molecule has 0 aliphatic carbocycles. The zero-order valence-electron chi connectivity index (χ0n) is 12.4. The fraction of sp³-hybridized carbons (Fsp3) is 0.667. The summed E-state index contributed by atoms with van der Waals surface area (Å²) in [4.78, 5) is 22.9. The lowest BCUT2D eigenvalue weighted by molar-refractivity contribution is -0.332. The molecule has 0 aromatic heterocycles. The summed E-state index contributed by atoms with van der Waals surface area (Å²) in [5.74, 6) is -4.74. The molecule has 116 valence electrons. The molecule has 20 heavy (non-hydrogen) atoms. The monoisotopic (exact) mass is 292 g/mol. The van der Waals surface area contributed by atoms with Crippen molar-refractivity contribution in [3.05, 3.63) is 12.2 Å². The minimum atomic E-state index is -1.53. The third-order valence-electron chi connectivity index (χ3n) is 2.41. The van der Waals surface area contributed by atoms with Gasteiger partial charge in [-0.2, -0.15) is 0 Å². The molecule has 0 spiro atoms. The lowest BCUT2D eigenvalue weighted by atomic mass is 10.5. The van der Waals surface area contributed by atoms with Crippen molar-refractivity contribution in [3.8, 4) is 0 Å². The minimum Gasteiger partial charge on any atom is -0.405 e. The van der Waals surface area contributed by atoms with Gasteiger partial charge in [-0.3, -0.25) is 0 Å². The van der Waals surface area contributed by atoms with Crippen molar-refractivity contribution in [3.63, 3.8) is 0 Å². The smallest absolute Gasteiger partial charge is 0.335 e. The molecule has 0 atom stereocenters. The first-order valence-corrected chi connectivity index (χ1v) is 5.58. The van der Waals surface area contributed by atoms with Crippen molar-refractivity contribution in [2.75, 3.05) is 28.4 Å². The van der Waals surface area contributed by atoms with Gasteiger partial charge in [-0.1, -0.05) is 0 Å². The van der Waals surface area contributed by atoms with Gasteiger partial charge in [0, 0.05) is 54.4 Å². The standard InChI is InChI=1S/C12H20O8/c1-11(15-3,16-4)19-9(13)7-8-10(14)20-12(2,17-5)18-6/h7-8H,1-6H3/b8-7-. The summed E-state index contributed by atoms with van der Waals surface area (Å²) in [5, 5.41) is 0. The zero-order chi connectivity index (χ0) is 15.8. The normalized spacial score (nSPS) is 12.5. The molecule has 0 unspecified atom stereocenters. The van der Waals surface area contributed by atoms with Crippen LogP contribution in [0.3, 0.4) is 0 Å². The van der Waals surface area contributed by atoms with Crippen LogP contribution < -0.4 is 0 Å². The van der Waals surface area contributed by atoms with E-state index in [1.54, 1.807) is 0 Å². The van der Waals surface area contributed by atoms with Crippen LogP contribution in [0.2, 0.25) is 0 Å². The van der Waals surface area contributed by atoms with E-state index < -0.39 is 23.9 Å². The molecule has 8 nitrogen and oxygen atoms in total. The van der Waals surface area contributed by atoms with Crippen LogP contribution in [-0.2, 0) is 38.0 Å². The van der Waals surface area contributed by atoms with Crippen LogP contribution in [0.4, 0.5) is 0 Å². The van der Waals surface area contributed by atoms with Gasteiger partial charge in [0.25, 0.3) is 0 Å². The minimum absolute atomic E-state index is 0.843. The van der Waals surface area contributed by atoms with E-state index >= 15 is 0 Å². The lowest BCUT2D eigenvalue weighted by Crippen LogP contribution is -2.36. The Morgan fingerprint density at radius 3 is 1.15 bits per heavy atom. The molecular weight excluding hydrogens is 272 g/mol. The van der Waals surface area contributed by atoms with Gasteiger partial charge in [0.2, 0.25) is 0 Å². The van der Waals surface area contributed by atoms with Crippen LogP contribution in [0.1, 0.15) is 13.8 Å². The third-order valence-corrected chi connectivity index (χ3v) is 2.41. The predicted molar refractivity (Wildman–Crippen MR) is 66.2 cm³/mol. The summed E-state index contributed by atoms with van der Waals surface area (Å²) in [6, 6.07) is 0. The van der Waals surface area contributed by atoms with Gasteiger partial charge in [-0.25, -0.2) is 9.59 Å². The van der Waals surface area contributed by atoms with E-state index in [1.165, 1.54) is 42.3 Å².